The van der Waals surface area contributed by atoms with Crippen molar-refractivity contribution in [3.05, 3.63) is 29.8 Å². The van der Waals surface area contributed by atoms with Crippen molar-refractivity contribution in [3.63, 3.8) is 0 Å². The lowest BCUT2D eigenvalue weighted by atomic mass is 9.68. The van der Waals surface area contributed by atoms with E-state index >= 15 is 0 Å². The fourth-order valence-corrected chi connectivity index (χ4v) is 5.19. The van der Waals surface area contributed by atoms with E-state index in [1.165, 1.54) is 50.7 Å². The Morgan fingerprint density at radius 3 is 1.85 bits per heavy atom. The second kappa shape index (κ2) is 8.41. The summed E-state index contributed by atoms with van der Waals surface area (Å²) in [6.07, 6.45) is 5.24. The SMILES string of the molecule is CC(Cl)[C@H]1CC[C@H](C2CCC(c3ccc(OC(F)(F)F)cc3)CC2)CC1. The van der Waals surface area contributed by atoms with Crippen molar-refractivity contribution >= 4 is 11.6 Å². The Morgan fingerprint density at radius 1 is 0.885 bits per heavy atom. The largest absolute Gasteiger partial charge is 0.573 e. The van der Waals surface area contributed by atoms with Gasteiger partial charge >= 0.3 is 6.36 Å². The standard InChI is InChI=1S/C21H28ClF3O/c1-14(22)15-2-4-16(5-3-15)17-6-8-18(9-7-17)19-10-12-20(13-11-19)26-21(23,24)25/h10-18H,2-9H2,1H3/t14?,15-,16-,17?,18?. The zero-order chi connectivity index (χ0) is 18.7. The molecule has 2 fully saturated rings. The maximum Gasteiger partial charge on any atom is 0.573 e. The van der Waals surface area contributed by atoms with Gasteiger partial charge in [0.1, 0.15) is 5.75 Å². The van der Waals surface area contributed by atoms with Gasteiger partial charge in [0.2, 0.25) is 0 Å². The van der Waals surface area contributed by atoms with E-state index in [1.807, 2.05) is 0 Å². The smallest absolute Gasteiger partial charge is 0.406 e. The molecule has 146 valence electrons. The van der Waals surface area contributed by atoms with Gasteiger partial charge in [-0.2, -0.15) is 0 Å². The van der Waals surface area contributed by atoms with Crippen LogP contribution in [-0.2, 0) is 0 Å². The van der Waals surface area contributed by atoms with Crippen molar-refractivity contribution in [2.45, 2.75) is 75.9 Å². The van der Waals surface area contributed by atoms with E-state index in [9.17, 15) is 13.2 Å². The second-order valence-electron chi connectivity index (χ2n) is 8.08. The Balaban J connectivity index is 1.48. The number of hydrogen-bond acceptors (Lipinski definition) is 1. The molecule has 0 radical (unpaired) electrons. The lowest BCUT2D eigenvalue weighted by Crippen LogP contribution is -2.27. The summed E-state index contributed by atoms with van der Waals surface area (Å²) in [5.74, 6) is 2.66. The molecule has 0 aliphatic heterocycles. The maximum atomic E-state index is 12.3. The van der Waals surface area contributed by atoms with Gasteiger partial charge < -0.3 is 4.74 Å². The first-order valence-electron chi connectivity index (χ1n) is 9.81. The minimum absolute atomic E-state index is 0.139. The lowest BCUT2D eigenvalue weighted by Gasteiger charge is -2.38. The third-order valence-corrected chi connectivity index (χ3v) is 6.85. The van der Waals surface area contributed by atoms with Crippen LogP contribution in [0.2, 0.25) is 0 Å². The predicted octanol–water partition coefficient (Wildman–Crippen LogP) is 7.29. The van der Waals surface area contributed by atoms with Crippen LogP contribution in [0.15, 0.2) is 24.3 Å². The van der Waals surface area contributed by atoms with Crippen molar-refractivity contribution in [1.82, 2.24) is 0 Å². The Bertz CT molecular complexity index is 554. The van der Waals surface area contributed by atoms with Crippen molar-refractivity contribution < 1.29 is 17.9 Å². The summed E-state index contributed by atoms with van der Waals surface area (Å²) in [7, 11) is 0. The Hall–Kier alpha value is -0.900. The summed E-state index contributed by atoms with van der Waals surface area (Å²) < 4.78 is 40.7. The topological polar surface area (TPSA) is 9.23 Å². The van der Waals surface area contributed by atoms with E-state index < -0.39 is 6.36 Å². The molecule has 1 aromatic rings. The average molecular weight is 389 g/mol. The second-order valence-corrected chi connectivity index (χ2v) is 8.77. The van der Waals surface area contributed by atoms with Gasteiger partial charge in [0.05, 0.1) is 0 Å². The monoisotopic (exact) mass is 388 g/mol. The molecule has 3 rings (SSSR count). The normalized spacial score (nSPS) is 31.4. The van der Waals surface area contributed by atoms with Gasteiger partial charge in [-0.1, -0.05) is 12.1 Å². The molecule has 0 bridgehead atoms. The fraction of sp³-hybridized carbons (Fsp3) is 0.714. The molecule has 5 heteroatoms. The average Bonchev–Trinajstić information content (AvgIpc) is 2.61. The van der Waals surface area contributed by atoms with Gasteiger partial charge in [0.15, 0.2) is 0 Å². The van der Waals surface area contributed by atoms with Gasteiger partial charge in [-0.3, -0.25) is 0 Å². The van der Waals surface area contributed by atoms with E-state index in [0.29, 0.717) is 11.8 Å². The van der Waals surface area contributed by atoms with Gasteiger partial charge in [-0.05, 0) is 99.7 Å². The van der Waals surface area contributed by atoms with E-state index in [2.05, 4.69) is 11.7 Å². The molecule has 1 atom stereocenters. The predicted molar refractivity (Wildman–Crippen MR) is 98.6 cm³/mol. The van der Waals surface area contributed by atoms with E-state index in [4.69, 9.17) is 11.6 Å². The molecule has 2 aliphatic carbocycles. The molecule has 0 heterocycles. The van der Waals surface area contributed by atoms with E-state index in [-0.39, 0.29) is 11.1 Å². The van der Waals surface area contributed by atoms with Crippen LogP contribution in [0.1, 0.15) is 69.8 Å². The first-order chi connectivity index (χ1) is 12.3. The van der Waals surface area contributed by atoms with Gasteiger partial charge in [-0.25, -0.2) is 0 Å². The Morgan fingerprint density at radius 2 is 1.38 bits per heavy atom. The summed E-state index contributed by atoms with van der Waals surface area (Å²) in [5.41, 5.74) is 1.14. The molecule has 26 heavy (non-hydrogen) atoms. The first-order valence-corrected chi connectivity index (χ1v) is 10.2. The number of alkyl halides is 4. The third kappa shape index (κ3) is 5.31. The molecular weight excluding hydrogens is 361 g/mol. The minimum Gasteiger partial charge on any atom is -0.406 e. The summed E-state index contributed by atoms with van der Waals surface area (Å²) in [4.78, 5) is 0. The molecule has 0 amide bonds. The van der Waals surface area contributed by atoms with Crippen LogP contribution in [0.4, 0.5) is 13.2 Å². The molecule has 1 aromatic carbocycles. The van der Waals surface area contributed by atoms with Crippen LogP contribution in [0.3, 0.4) is 0 Å². The summed E-state index contributed by atoms with van der Waals surface area (Å²) in [6, 6.07) is 6.45. The maximum absolute atomic E-state index is 12.3. The van der Waals surface area contributed by atoms with E-state index in [1.54, 1.807) is 12.1 Å². The van der Waals surface area contributed by atoms with Crippen LogP contribution in [0.5, 0.6) is 5.75 Å². The van der Waals surface area contributed by atoms with E-state index in [0.717, 1.165) is 30.2 Å². The molecule has 1 unspecified atom stereocenters. The molecule has 0 aromatic heterocycles. The van der Waals surface area contributed by atoms with Gasteiger partial charge in [0.25, 0.3) is 0 Å². The first kappa shape index (κ1) is 19.9. The number of hydrogen-bond donors (Lipinski definition) is 0. The molecule has 0 saturated heterocycles. The van der Waals surface area contributed by atoms with Crippen molar-refractivity contribution in [2.24, 2.45) is 17.8 Å². The quantitative estimate of drug-likeness (QED) is 0.492. The van der Waals surface area contributed by atoms with Crippen LogP contribution in [0.25, 0.3) is 0 Å². The zero-order valence-corrected chi connectivity index (χ0v) is 16.0. The molecule has 2 aliphatic rings. The number of rotatable bonds is 4. The molecular formula is C21H28ClF3O. The highest BCUT2D eigenvalue weighted by atomic mass is 35.5. The van der Waals surface area contributed by atoms with Crippen molar-refractivity contribution in [1.29, 1.82) is 0 Å². The highest BCUT2D eigenvalue weighted by molar-refractivity contribution is 6.20. The van der Waals surface area contributed by atoms with Crippen LogP contribution in [-0.4, -0.2) is 11.7 Å². The Kier molecular flexibility index (Phi) is 6.42. The molecule has 2 saturated carbocycles. The van der Waals surface area contributed by atoms with Crippen LogP contribution < -0.4 is 4.74 Å². The molecule has 1 nitrogen and oxygen atoms in total. The lowest BCUT2D eigenvalue weighted by molar-refractivity contribution is -0.274. The highest BCUT2D eigenvalue weighted by Gasteiger charge is 2.33. The zero-order valence-electron chi connectivity index (χ0n) is 15.3. The van der Waals surface area contributed by atoms with Gasteiger partial charge in [-0.15, -0.1) is 24.8 Å². The summed E-state index contributed by atoms with van der Waals surface area (Å²) in [5, 5.41) is 0.288. The number of ether oxygens (including phenoxy) is 1. The minimum atomic E-state index is -4.63. The summed E-state index contributed by atoms with van der Waals surface area (Å²) >= 11 is 6.25. The van der Waals surface area contributed by atoms with Crippen LogP contribution in [0, 0.1) is 17.8 Å². The van der Waals surface area contributed by atoms with Crippen molar-refractivity contribution in [3.8, 4) is 5.75 Å². The highest BCUT2D eigenvalue weighted by Crippen LogP contribution is 2.44. The van der Waals surface area contributed by atoms with Crippen LogP contribution >= 0.6 is 11.6 Å². The van der Waals surface area contributed by atoms with Crippen molar-refractivity contribution in [2.75, 3.05) is 0 Å². The fourth-order valence-electron chi connectivity index (χ4n) is 4.94. The Labute approximate surface area is 159 Å². The summed E-state index contributed by atoms with van der Waals surface area (Å²) in [6.45, 7) is 2.11. The number of halogens is 4. The molecule has 0 N–H and O–H groups in total. The van der Waals surface area contributed by atoms with Gasteiger partial charge in [0, 0.05) is 5.38 Å². The molecule has 0 spiro atoms. The number of benzene rings is 1. The third-order valence-electron chi connectivity index (χ3n) is 6.49.